The first-order valence-electron chi connectivity index (χ1n) is 3.07. The second-order valence-corrected chi connectivity index (χ2v) is 1.54. The molecule has 0 aliphatic carbocycles. The van der Waals surface area contributed by atoms with Gasteiger partial charge < -0.3 is 10.8 Å². The van der Waals surface area contributed by atoms with Gasteiger partial charge in [0.2, 0.25) is 0 Å². The third-order valence-corrected chi connectivity index (χ3v) is 0.696. The van der Waals surface area contributed by atoms with Crippen LogP contribution in [0, 0.1) is 0 Å². The Bertz CT molecular complexity index is 108. The summed E-state index contributed by atoms with van der Waals surface area (Å²) in [5.74, 6) is 0. The van der Waals surface area contributed by atoms with Crippen LogP contribution in [0.5, 0.6) is 0 Å². The molecule has 0 unspecified atom stereocenters. The first kappa shape index (κ1) is 13.2. The zero-order valence-corrected chi connectivity index (χ0v) is 7.02. The summed E-state index contributed by atoms with van der Waals surface area (Å²) in [6.07, 6.45) is 3.50. The van der Waals surface area contributed by atoms with Crippen molar-refractivity contribution in [2.75, 3.05) is 13.2 Å². The Balaban J connectivity index is 0. The van der Waals surface area contributed by atoms with Crippen molar-refractivity contribution in [3.8, 4) is 0 Å². The second kappa shape index (κ2) is 12.3. The van der Waals surface area contributed by atoms with Crippen molar-refractivity contribution in [3.63, 3.8) is 0 Å². The Hall–Kier alpha value is -0.411. The number of hydrogen-bond acceptors (Lipinski definition) is 3. The van der Waals surface area contributed by atoms with E-state index in [9.17, 15) is 0 Å². The fourth-order valence-corrected chi connectivity index (χ4v) is 0.313. The van der Waals surface area contributed by atoms with Gasteiger partial charge in [0.1, 0.15) is 0 Å². The molecule has 11 heavy (non-hydrogen) atoms. The Morgan fingerprint density at radius 1 is 1.18 bits per heavy atom. The Morgan fingerprint density at radius 3 is 1.73 bits per heavy atom. The molecular formula is C7H12CuN2O. The van der Waals surface area contributed by atoms with E-state index in [1.54, 1.807) is 12.4 Å². The van der Waals surface area contributed by atoms with Crippen LogP contribution in [0.3, 0.4) is 0 Å². The van der Waals surface area contributed by atoms with E-state index in [0.717, 1.165) is 0 Å². The predicted octanol–water partition coefficient (Wildman–Crippen LogP) is 0.0165. The molecule has 0 amide bonds. The van der Waals surface area contributed by atoms with Gasteiger partial charge in [-0.05, 0) is 12.1 Å². The van der Waals surface area contributed by atoms with Crippen molar-refractivity contribution in [1.29, 1.82) is 0 Å². The number of nitrogens with zero attached hydrogens (tertiary/aromatic N) is 1. The van der Waals surface area contributed by atoms with E-state index in [4.69, 9.17) is 10.8 Å². The summed E-state index contributed by atoms with van der Waals surface area (Å²) in [7, 11) is 0. The van der Waals surface area contributed by atoms with E-state index < -0.39 is 0 Å². The van der Waals surface area contributed by atoms with Crippen molar-refractivity contribution in [1.82, 2.24) is 4.98 Å². The summed E-state index contributed by atoms with van der Waals surface area (Å²) in [5, 5.41) is 7.75. The molecule has 1 aromatic rings. The average molecular weight is 204 g/mol. The van der Waals surface area contributed by atoms with Crippen molar-refractivity contribution < 1.29 is 22.2 Å². The van der Waals surface area contributed by atoms with Gasteiger partial charge in [-0.25, -0.2) is 0 Å². The molecule has 0 saturated heterocycles. The van der Waals surface area contributed by atoms with Crippen LogP contribution in [0.15, 0.2) is 30.6 Å². The number of aromatic nitrogens is 1. The molecule has 0 spiro atoms. The maximum atomic E-state index is 7.75. The van der Waals surface area contributed by atoms with Crippen LogP contribution in [-0.2, 0) is 17.1 Å². The number of aliphatic hydroxyl groups is 1. The fourth-order valence-electron chi connectivity index (χ4n) is 0.313. The molecule has 3 nitrogen and oxygen atoms in total. The zero-order valence-electron chi connectivity index (χ0n) is 6.07. The number of aliphatic hydroxyl groups excluding tert-OH is 1. The summed E-state index contributed by atoms with van der Waals surface area (Å²) in [6.45, 7) is 0.472. The monoisotopic (exact) mass is 203 g/mol. The fraction of sp³-hybridized carbons (Fsp3) is 0.286. The number of nitrogens with two attached hydrogens (primary N) is 1. The molecule has 0 aliphatic heterocycles. The summed E-state index contributed by atoms with van der Waals surface area (Å²) >= 11 is 0. The quantitative estimate of drug-likeness (QED) is 0.633. The van der Waals surface area contributed by atoms with Crippen LogP contribution in [-0.4, -0.2) is 23.2 Å². The van der Waals surface area contributed by atoms with Crippen LogP contribution in [0.4, 0.5) is 0 Å². The molecule has 4 heteroatoms. The van der Waals surface area contributed by atoms with Gasteiger partial charge in [0, 0.05) is 36.0 Å². The van der Waals surface area contributed by atoms with Gasteiger partial charge in [-0.15, -0.1) is 0 Å². The summed E-state index contributed by atoms with van der Waals surface area (Å²) in [5.41, 5.74) is 4.78. The largest absolute Gasteiger partial charge is 0.395 e. The standard InChI is InChI=1S/C5H5N.C2H7NO.Cu/c1-2-4-6-5-3-1;3-1-2-4;/h1-5H;4H,1-3H2;. The van der Waals surface area contributed by atoms with Gasteiger partial charge in [-0.2, -0.15) is 0 Å². The molecule has 3 N–H and O–H groups in total. The summed E-state index contributed by atoms with van der Waals surface area (Å²) in [4.78, 5) is 3.78. The molecule has 0 bridgehead atoms. The Labute approximate surface area is 77.1 Å². The molecule has 1 rings (SSSR count). The minimum absolute atomic E-state index is 0. The SMILES string of the molecule is NCCO.[Cu].c1ccncc1. The van der Waals surface area contributed by atoms with Crippen LogP contribution < -0.4 is 5.73 Å². The molecule has 0 aliphatic rings. The van der Waals surface area contributed by atoms with E-state index >= 15 is 0 Å². The van der Waals surface area contributed by atoms with E-state index in [1.807, 2.05) is 18.2 Å². The molecule has 67 valence electrons. The van der Waals surface area contributed by atoms with Gasteiger partial charge in [0.25, 0.3) is 0 Å². The minimum atomic E-state index is 0. The molecule has 0 fully saturated rings. The molecule has 1 radical (unpaired) electrons. The molecule has 1 heterocycles. The first-order valence-corrected chi connectivity index (χ1v) is 3.07. The third kappa shape index (κ3) is 12.7. The van der Waals surface area contributed by atoms with Crippen LogP contribution in [0.2, 0.25) is 0 Å². The molecular weight excluding hydrogens is 192 g/mol. The molecule has 1 aromatic heterocycles. The smallest absolute Gasteiger partial charge is 0.0553 e. The van der Waals surface area contributed by atoms with Crippen molar-refractivity contribution >= 4 is 0 Å². The Morgan fingerprint density at radius 2 is 1.64 bits per heavy atom. The Kier molecular flexibility index (Phi) is 14.7. The van der Waals surface area contributed by atoms with E-state index in [-0.39, 0.29) is 23.7 Å². The summed E-state index contributed by atoms with van der Waals surface area (Å²) < 4.78 is 0. The number of pyridine rings is 1. The maximum Gasteiger partial charge on any atom is 0.0553 e. The van der Waals surface area contributed by atoms with E-state index in [0.29, 0.717) is 6.54 Å². The maximum absolute atomic E-state index is 7.75. The summed E-state index contributed by atoms with van der Waals surface area (Å²) in [6, 6.07) is 5.72. The van der Waals surface area contributed by atoms with Gasteiger partial charge in [0.05, 0.1) is 6.61 Å². The molecule has 0 aromatic carbocycles. The number of rotatable bonds is 1. The van der Waals surface area contributed by atoms with Crippen LogP contribution >= 0.6 is 0 Å². The predicted molar refractivity (Wildman–Crippen MR) is 40.4 cm³/mol. The van der Waals surface area contributed by atoms with Crippen LogP contribution in [0.25, 0.3) is 0 Å². The zero-order chi connectivity index (χ0) is 7.66. The second-order valence-electron chi connectivity index (χ2n) is 1.54. The molecule has 0 atom stereocenters. The number of hydrogen-bond donors (Lipinski definition) is 2. The van der Waals surface area contributed by atoms with Gasteiger partial charge in [-0.3, -0.25) is 4.98 Å². The van der Waals surface area contributed by atoms with E-state index in [1.165, 1.54) is 0 Å². The normalized spacial score (nSPS) is 7.09. The topological polar surface area (TPSA) is 59.1 Å². The van der Waals surface area contributed by atoms with Crippen molar-refractivity contribution in [2.45, 2.75) is 0 Å². The van der Waals surface area contributed by atoms with Gasteiger partial charge >= 0.3 is 0 Å². The van der Waals surface area contributed by atoms with E-state index in [2.05, 4.69) is 4.98 Å². The van der Waals surface area contributed by atoms with Gasteiger partial charge in [0.15, 0.2) is 0 Å². The van der Waals surface area contributed by atoms with Crippen molar-refractivity contribution in [2.24, 2.45) is 5.73 Å². The average Bonchev–Trinajstić information content (AvgIpc) is 2.08. The van der Waals surface area contributed by atoms with Crippen LogP contribution in [0.1, 0.15) is 0 Å². The third-order valence-electron chi connectivity index (χ3n) is 0.696. The minimum Gasteiger partial charge on any atom is -0.395 e. The first-order chi connectivity index (χ1) is 4.91. The van der Waals surface area contributed by atoms with Gasteiger partial charge in [-0.1, -0.05) is 6.07 Å². The molecule has 0 saturated carbocycles. The van der Waals surface area contributed by atoms with Crippen molar-refractivity contribution in [3.05, 3.63) is 30.6 Å².